The summed E-state index contributed by atoms with van der Waals surface area (Å²) in [6, 6.07) is 27.0. The summed E-state index contributed by atoms with van der Waals surface area (Å²) in [6.07, 6.45) is 2.75. The van der Waals surface area contributed by atoms with Gasteiger partial charge in [0.05, 0.1) is 24.6 Å². The van der Waals surface area contributed by atoms with E-state index >= 15 is 0 Å². The van der Waals surface area contributed by atoms with Crippen molar-refractivity contribution in [3.63, 3.8) is 0 Å². The molecule has 4 aromatic carbocycles. The van der Waals surface area contributed by atoms with Crippen molar-refractivity contribution >= 4 is 42.4 Å². The molecule has 0 saturated heterocycles. The van der Waals surface area contributed by atoms with Crippen molar-refractivity contribution in [2.45, 2.75) is 36.5 Å². The van der Waals surface area contributed by atoms with Gasteiger partial charge in [-0.3, -0.25) is 13.7 Å². The Kier molecular flexibility index (Phi) is 14.5. The van der Waals surface area contributed by atoms with Gasteiger partial charge in [0.2, 0.25) is 0 Å². The van der Waals surface area contributed by atoms with Crippen LogP contribution in [0, 0.1) is 13.8 Å². The van der Waals surface area contributed by atoms with Crippen molar-refractivity contribution in [1.29, 1.82) is 0 Å². The van der Waals surface area contributed by atoms with Crippen LogP contribution in [0.5, 0.6) is 0 Å². The summed E-state index contributed by atoms with van der Waals surface area (Å²) in [5, 5.41) is 12.2. The van der Waals surface area contributed by atoms with Crippen LogP contribution in [0.15, 0.2) is 94.7 Å². The van der Waals surface area contributed by atoms with Crippen LogP contribution in [0.3, 0.4) is 0 Å². The number of hydrogen-bond donors (Lipinski definition) is 4. The Morgan fingerprint density at radius 2 is 1.04 bits per heavy atom. The van der Waals surface area contributed by atoms with Gasteiger partial charge in [-0.15, -0.1) is 4.33 Å². The van der Waals surface area contributed by atoms with Gasteiger partial charge in [0.15, 0.2) is 0 Å². The molecule has 0 aliphatic carbocycles. The van der Waals surface area contributed by atoms with Crippen molar-refractivity contribution in [2.24, 2.45) is 0 Å². The van der Waals surface area contributed by atoms with Gasteiger partial charge in [0.1, 0.15) is 4.90 Å². The Bertz CT molecular complexity index is 1880. The molecule has 16 heteroatoms. The van der Waals surface area contributed by atoms with Gasteiger partial charge >= 0.3 is 0 Å². The van der Waals surface area contributed by atoms with E-state index in [2.05, 4.69) is 64.8 Å². The highest BCUT2D eigenvalue weighted by Crippen LogP contribution is 2.37. The number of benzene rings is 4. The fraction of sp³-hybridized carbons (Fsp3) is 0.200. The van der Waals surface area contributed by atoms with Crippen LogP contribution in [0.1, 0.15) is 22.3 Å². The molecule has 0 aromatic heterocycles. The predicted octanol–water partition coefficient (Wildman–Crippen LogP) is 6.11. The molecule has 12 nitrogen and oxygen atoms in total. The van der Waals surface area contributed by atoms with Crippen LogP contribution in [0.25, 0.3) is 22.3 Å². The molecule has 0 aliphatic heterocycles. The van der Waals surface area contributed by atoms with Crippen LogP contribution in [-0.2, 0) is 52.6 Å². The molecule has 4 N–H and O–H groups in total. The van der Waals surface area contributed by atoms with E-state index in [1.807, 2.05) is 19.1 Å². The smallest absolute Gasteiger partial charge is 0.286 e. The lowest BCUT2D eigenvalue weighted by molar-refractivity contribution is -0.432. The molecular weight excluding hydrogens is 681 g/mol. The molecule has 4 aromatic rings. The maximum absolute atomic E-state index is 12.3. The molecule has 4 rings (SSSR count). The quantitative estimate of drug-likeness (QED) is 0.0671. The highest BCUT2D eigenvalue weighted by molar-refractivity contribution is 7.94. The lowest BCUT2D eigenvalue weighted by Gasteiger charge is -2.14. The van der Waals surface area contributed by atoms with Gasteiger partial charge in [-0.05, 0) is 72.2 Å². The van der Waals surface area contributed by atoms with Crippen molar-refractivity contribution < 1.29 is 53.5 Å². The van der Waals surface area contributed by atoms with E-state index in [0.717, 1.165) is 39.9 Å². The van der Waals surface area contributed by atoms with Crippen LogP contribution in [0.2, 0.25) is 0 Å². The average Bonchev–Trinajstić information content (AvgIpc) is 2.93. The largest absolute Gasteiger partial charge is 0.295 e. The van der Waals surface area contributed by atoms with E-state index in [1.54, 1.807) is 18.2 Å². The Balaban J connectivity index is 0.000000642. The Labute approximate surface area is 273 Å². The standard InChI is InChI=1S/C28H26O6S2.2CH4O3S/c1-19-3-11-23(12-4-19)24-13-8-21(9-14-24)6-7-22-10-16-26(28(18-22)36(30,31)32)25-15-5-20(2)17-27(25)35-34-33-29;2*1-5(2,3)4/h3-5,8-18,29H,6-7H2,1-2H3,(H,30,31,32);2*1H3,(H,2,3,4). The van der Waals surface area contributed by atoms with Crippen molar-refractivity contribution in [3.05, 3.63) is 107 Å². The topological polar surface area (TPSA) is 202 Å². The van der Waals surface area contributed by atoms with Crippen LogP contribution < -0.4 is 0 Å². The number of rotatable bonds is 9. The predicted molar refractivity (Wildman–Crippen MR) is 176 cm³/mol. The first-order valence-corrected chi connectivity index (χ1v) is 19.0. The molecule has 0 spiro atoms. The molecule has 0 saturated carbocycles. The van der Waals surface area contributed by atoms with Gasteiger partial charge in [-0.2, -0.15) is 25.3 Å². The van der Waals surface area contributed by atoms with Crippen molar-refractivity contribution in [1.82, 2.24) is 0 Å². The average molecular weight is 715 g/mol. The van der Waals surface area contributed by atoms with Gasteiger partial charge < -0.3 is 0 Å². The zero-order valence-electron chi connectivity index (χ0n) is 25.2. The lowest BCUT2D eigenvalue weighted by Crippen LogP contribution is -2.03. The minimum atomic E-state index is -4.50. The van der Waals surface area contributed by atoms with E-state index in [-0.39, 0.29) is 4.90 Å². The highest BCUT2D eigenvalue weighted by atomic mass is 32.2. The minimum Gasteiger partial charge on any atom is -0.286 e. The second kappa shape index (κ2) is 17.1. The van der Waals surface area contributed by atoms with Crippen LogP contribution in [0.4, 0.5) is 0 Å². The van der Waals surface area contributed by atoms with E-state index in [9.17, 15) is 29.8 Å². The zero-order valence-corrected chi connectivity index (χ0v) is 28.5. The fourth-order valence-electron chi connectivity index (χ4n) is 4.03. The zero-order chi connectivity index (χ0) is 34.7. The molecular formula is C30H34O12S4. The third-order valence-electron chi connectivity index (χ3n) is 5.95. The van der Waals surface area contributed by atoms with Gasteiger partial charge in [-0.1, -0.05) is 83.4 Å². The maximum atomic E-state index is 12.3. The van der Waals surface area contributed by atoms with E-state index in [0.29, 0.717) is 41.4 Å². The van der Waals surface area contributed by atoms with Crippen LogP contribution >= 0.6 is 12.0 Å². The summed E-state index contributed by atoms with van der Waals surface area (Å²) in [7, 11) is -11.8. The Morgan fingerprint density at radius 1 is 0.609 bits per heavy atom. The number of aryl methyl sites for hydroxylation is 4. The molecule has 0 unspecified atom stereocenters. The molecule has 0 aliphatic rings. The maximum Gasteiger partial charge on any atom is 0.295 e. The summed E-state index contributed by atoms with van der Waals surface area (Å²) >= 11 is 0.739. The highest BCUT2D eigenvalue weighted by Gasteiger charge is 2.20. The second-order valence-corrected chi connectivity index (χ2v) is 15.1. The lowest BCUT2D eigenvalue weighted by atomic mass is 9.98. The molecule has 0 bridgehead atoms. The molecule has 0 amide bonds. The molecule has 250 valence electrons. The number of hydrogen-bond acceptors (Lipinski definition) is 10. The first-order valence-electron chi connectivity index (χ1n) is 13.1. The van der Waals surface area contributed by atoms with Crippen molar-refractivity contribution in [2.75, 3.05) is 12.5 Å². The van der Waals surface area contributed by atoms with Gasteiger partial charge in [0.25, 0.3) is 30.4 Å². The summed E-state index contributed by atoms with van der Waals surface area (Å²) < 4.78 is 90.9. The summed E-state index contributed by atoms with van der Waals surface area (Å²) in [4.78, 5) is 0.334. The van der Waals surface area contributed by atoms with Crippen molar-refractivity contribution in [3.8, 4) is 22.3 Å². The van der Waals surface area contributed by atoms with Gasteiger partial charge in [0, 0.05) is 10.5 Å². The summed E-state index contributed by atoms with van der Waals surface area (Å²) in [5.41, 5.74) is 7.18. The second-order valence-electron chi connectivity index (χ2n) is 10.1. The normalized spacial score (nSPS) is 11.6. The van der Waals surface area contributed by atoms with E-state index < -0.39 is 30.4 Å². The SMILES string of the molecule is CS(=O)(=O)O.CS(=O)(=O)O.Cc1ccc(-c2ccc(CCc3ccc(-c4ccc(C)cc4SOOO)c(S(=O)(=O)O)c3)cc2)cc1. The fourth-order valence-corrected chi connectivity index (χ4v) is 5.39. The molecule has 0 heterocycles. The monoisotopic (exact) mass is 714 g/mol. The Hall–Kier alpha value is -3.16. The first-order chi connectivity index (χ1) is 21.2. The first kappa shape index (κ1) is 39.0. The van der Waals surface area contributed by atoms with E-state index in [1.165, 1.54) is 11.6 Å². The third-order valence-corrected chi connectivity index (χ3v) is 7.49. The van der Waals surface area contributed by atoms with E-state index in [4.69, 9.17) is 14.4 Å². The molecule has 0 atom stereocenters. The molecule has 0 radical (unpaired) electrons. The molecule has 46 heavy (non-hydrogen) atoms. The van der Waals surface area contributed by atoms with Crippen LogP contribution in [-0.4, -0.2) is 56.7 Å². The Morgan fingerprint density at radius 3 is 1.54 bits per heavy atom. The minimum absolute atomic E-state index is 0.190. The summed E-state index contributed by atoms with van der Waals surface area (Å²) in [6.45, 7) is 3.93. The molecule has 0 fully saturated rings. The third kappa shape index (κ3) is 15.0. The van der Waals surface area contributed by atoms with Gasteiger partial charge in [-0.25, -0.2) is 5.26 Å². The summed E-state index contributed by atoms with van der Waals surface area (Å²) in [5.74, 6) is 0.